The Kier molecular flexibility index (Phi) is 33.1. The summed E-state index contributed by atoms with van der Waals surface area (Å²) in [6, 6.07) is 0. The summed E-state index contributed by atoms with van der Waals surface area (Å²) in [7, 11) is 0. The van der Waals surface area contributed by atoms with Crippen LogP contribution in [0.15, 0.2) is 12.7 Å². The van der Waals surface area contributed by atoms with Crippen LogP contribution in [-0.4, -0.2) is 142 Å². The molecule has 2 saturated heterocycles. The van der Waals surface area contributed by atoms with Crippen molar-refractivity contribution >= 4 is 11.9 Å². The van der Waals surface area contributed by atoms with E-state index in [1.807, 2.05) is 6.08 Å². The number of hydrogen-bond acceptors (Lipinski definition) is 15. The van der Waals surface area contributed by atoms with Gasteiger partial charge in [-0.05, 0) is 25.7 Å². The van der Waals surface area contributed by atoms with Crippen molar-refractivity contribution in [2.24, 2.45) is 0 Å². The van der Waals surface area contributed by atoms with E-state index in [9.17, 15) is 45.3 Å². The SMILES string of the molecule is C=CCCCCCCCCCCCCCCCC(=O)OC[C@H](CO[C@@H]1O[C@H](CO[C@@H]2O[C@H](CO)[C@H](O)C(O)C2O)[C@H](O)C(O)C1O)OC(=O)CCCCCCCCCCCCCC. The Balaban J connectivity index is 1.81. The molecular weight excluding hydrogens is 817 g/mol. The lowest BCUT2D eigenvalue weighted by molar-refractivity contribution is -0.332. The molecule has 7 N–H and O–H groups in total. The molecule has 63 heavy (non-hydrogen) atoms. The van der Waals surface area contributed by atoms with Crippen LogP contribution < -0.4 is 0 Å². The maximum atomic E-state index is 12.9. The predicted octanol–water partition coefficient (Wildman–Crippen LogP) is 6.21. The molecule has 0 radical (unpaired) electrons. The Morgan fingerprint density at radius 3 is 1.41 bits per heavy atom. The van der Waals surface area contributed by atoms with Gasteiger partial charge in [-0.1, -0.05) is 154 Å². The van der Waals surface area contributed by atoms with Gasteiger partial charge in [-0.25, -0.2) is 0 Å². The summed E-state index contributed by atoms with van der Waals surface area (Å²) in [5.74, 6) is -0.920. The third kappa shape index (κ3) is 25.1. The van der Waals surface area contributed by atoms with Gasteiger partial charge in [0.05, 0.1) is 19.8 Å². The number of esters is 2. The number of unbranched alkanes of at least 4 members (excludes halogenated alkanes) is 24. The van der Waals surface area contributed by atoms with Gasteiger partial charge in [0.1, 0.15) is 55.4 Å². The van der Waals surface area contributed by atoms with Crippen molar-refractivity contribution in [3.8, 4) is 0 Å². The van der Waals surface area contributed by atoms with Crippen LogP contribution in [0.3, 0.4) is 0 Å². The van der Waals surface area contributed by atoms with Gasteiger partial charge in [0.2, 0.25) is 0 Å². The first kappa shape index (κ1) is 57.4. The number of hydrogen-bond donors (Lipinski definition) is 7. The predicted molar refractivity (Wildman–Crippen MR) is 238 cm³/mol. The molecule has 2 aliphatic heterocycles. The van der Waals surface area contributed by atoms with E-state index < -0.39 is 92.7 Å². The molecule has 15 nitrogen and oxygen atoms in total. The normalized spacial score (nSPS) is 26.7. The average molecular weight is 905 g/mol. The van der Waals surface area contributed by atoms with Crippen LogP contribution in [0, 0.1) is 0 Å². The van der Waals surface area contributed by atoms with Crippen molar-refractivity contribution in [1.29, 1.82) is 0 Å². The molecule has 0 aromatic rings. The zero-order valence-electron chi connectivity index (χ0n) is 38.7. The smallest absolute Gasteiger partial charge is 0.306 e. The zero-order valence-corrected chi connectivity index (χ0v) is 38.7. The molecule has 0 aromatic carbocycles. The molecular formula is C48H88O15. The Bertz CT molecular complexity index is 1140. The number of carbonyl (C=O) groups excluding carboxylic acids is 2. The van der Waals surface area contributed by atoms with Gasteiger partial charge >= 0.3 is 11.9 Å². The van der Waals surface area contributed by atoms with Gasteiger partial charge < -0.3 is 64.2 Å². The number of carbonyl (C=O) groups is 2. The van der Waals surface area contributed by atoms with Gasteiger partial charge in [0.25, 0.3) is 0 Å². The Labute approximate surface area is 378 Å². The lowest BCUT2D eigenvalue weighted by Gasteiger charge is -2.42. The highest BCUT2D eigenvalue weighted by atomic mass is 16.7. The lowest BCUT2D eigenvalue weighted by Crippen LogP contribution is -2.61. The van der Waals surface area contributed by atoms with Gasteiger partial charge in [-0.2, -0.15) is 0 Å². The molecule has 2 rings (SSSR count). The van der Waals surface area contributed by atoms with Gasteiger partial charge in [0, 0.05) is 12.8 Å². The molecule has 15 heteroatoms. The molecule has 4 unspecified atom stereocenters. The summed E-state index contributed by atoms with van der Waals surface area (Å²) >= 11 is 0. The summed E-state index contributed by atoms with van der Waals surface area (Å²) in [6.45, 7) is 4.12. The average Bonchev–Trinajstić information content (AvgIpc) is 3.28. The van der Waals surface area contributed by atoms with Crippen LogP contribution in [0.1, 0.15) is 187 Å². The highest BCUT2D eigenvalue weighted by Crippen LogP contribution is 2.26. The van der Waals surface area contributed by atoms with Gasteiger partial charge in [-0.15, -0.1) is 6.58 Å². The fraction of sp³-hybridized carbons (Fsp3) is 0.917. The molecule has 2 heterocycles. The van der Waals surface area contributed by atoms with Gasteiger partial charge in [-0.3, -0.25) is 9.59 Å². The molecule has 2 aliphatic rings. The van der Waals surface area contributed by atoms with E-state index in [4.69, 9.17) is 28.4 Å². The molecule has 0 aromatic heterocycles. The fourth-order valence-electron chi connectivity index (χ4n) is 8.02. The molecule has 0 bridgehead atoms. The van der Waals surface area contributed by atoms with Crippen molar-refractivity contribution in [2.45, 2.75) is 254 Å². The topological polar surface area (TPSA) is 231 Å². The summed E-state index contributed by atoms with van der Waals surface area (Å²) in [5, 5.41) is 71.9. The van der Waals surface area contributed by atoms with Crippen molar-refractivity contribution in [2.75, 3.05) is 26.4 Å². The summed E-state index contributed by atoms with van der Waals surface area (Å²) < 4.78 is 33.5. The maximum absolute atomic E-state index is 12.9. The molecule has 370 valence electrons. The first-order valence-corrected chi connectivity index (χ1v) is 24.7. The van der Waals surface area contributed by atoms with Gasteiger partial charge in [0.15, 0.2) is 18.7 Å². The molecule has 0 aliphatic carbocycles. The van der Waals surface area contributed by atoms with Crippen LogP contribution in [0.5, 0.6) is 0 Å². The first-order valence-electron chi connectivity index (χ1n) is 24.7. The third-order valence-corrected chi connectivity index (χ3v) is 12.1. The standard InChI is InChI=1S/C48H88O15/c1-3-5-7-9-11-13-15-17-18-19-21-22-24-26-28-30-39(50)58-33-36(61-40(51)31-29-27-25-23-20-16-14-12-10-8-6-4-2)34-59-47-46(57)44(55)42(53)38(63-47)35-60-48-45(56)43(54)41(52)37(32-49)62-48/h3,36-38,41-49,52-57H,1,4-35H2,2H3/t36-,37-,38-,41+,42+,43?,44?,45?,46?,47-,48-/m1/s1. The minimum Gasteiger partial charge on any atom is -0.462 e. The number of aliphatic hydroxyl groups excluding tert-OH is 7. The number of aliphatic hydroxyl groups is 7. The van der Waals surface area contributed by atoms with Crippen LogP contribution in [-0.2, 0) is 38.0 Å². The number of ether oxygens (including phenoxy) is 6. The van der Waals surface area contributed by atoms with E-state index in [0.29, 0.717) is 12.8 Å². The second kappa shape index (κ2) is 36.4. The minimum atomic E-state index is -1.76. The second-order valence-electron chi connectivity index (χ2n) is 17.7. The number of rotatable bonds is 39. The highest BCUT2D eigenvalue weighted by molar-refractivity contribution is 5.70. The van der Waals surface area contributed by atoms with Crippen molar-refractivity contribution < 1.29 is 73.8 Å². The van der Waals surface area contributed by atoms with Crippen molar-refractivity contribution in [1.82, 2.24) is 0 Å². The quantitative estimate of drug-likeness (QED) is 0.0207. The zero-order chi connectivity index (χ0) is 46.1. The summed E-state index contributed by atoms with van der Waals surface area (Å²) in [6.07, 6.45) is 15.7. The molecule has 0 spiro atoms. The molecule has 2 fully saturated rings. The number of allylic oxidation sites excluding steroid dienone is 1. The Hall–Kier alpha value is -1.76. The first-order chi connectivity index (χ1) is 30.5. The lowest BCUT2D eigenvalue weighted by atomic mass is 9.98. The highest BCUT2D eigenvalue weighted by Gasteiger charge is 2.47. The van der Waals surface area contributed by atoms with E-state index in [0.717, 1.165) is 44.9 Å². The Morgan fingerprint density at radius 2 is 0.937 bits per heavy atom. The molecule has 11 atom stereocenters. The fourth-order valence-corrected chi connectivity index (χ4v) is 8.02. The molecule has 0 saturated carbocycles. The largest absolute Gasteiger partial charge is 0.462 e. The van der Waals surface area contributed by atoms with E-state index in [1.54, 1.807) is 0 Å². The van der Waals surface area contributed by atoms with Crippen LogP contribution in [0.4, 0.5) is 0 Å². The molecule has 0 amide bonds. The van der Waals surface area contributed by atoms with E-state index in [2.05, 4.69) is 13.5 Å². The van der Waals surface area contributed by atoms with Crippen LogP contribution >= 0.6 is 0 Å². The van der Waals surface area contributed by atoms with E-state index >= 15 is 0 Å². The van der Waals surface area contributed by atoms with Crippen LogP contribution in [0.2, 0.25) is 0 Å². The second-order valence-corrected chi connectivity index (χ2v) is 17.7. The maximum Gasteiger partial charge on any atom is 0.306 e. The monoisotopic (exact) mass is 905 g/mol. The minimum absolute atomic E-state index is 0.170. The van der Waals surface area contributed by atoms with Crippen LogP contribution in [0.25, 0.3) is 0 Å². The Morgan fingerprint density at radius 1 is 0.524 bits per heavy atom. The van der Waals surface area contributed by atoms with Crippen molar-refractivity contribution in [3.05, 3.63) is 12.7 Å². The summed E-state index contributed by atoms with van der Waals surface area (Å²) in [5.41, 5.74) is 0. The van der Waals surface area contributed by atoms with Crippen molar-refractivity contribution in [3.63, 3.8) is 0 Å². The third-order valence-electron chi connectivity index (χ3n) is 12.1. The van der Waals surface area contributed by atoms with E-state index in [-0.39, 0.29) is 26.1 Å². The summed E-state index contributed by atoms with van der Waals surface area (Å²) in [4.78, 5) is 25.7. The van der Waals surface area contributed by atoms with E-state index in [1.165, 1.54) is 109 Å².